The minimum absolute atomic E-state index is 0.0148. The SMILES string of the molecule is CN1C(=O)/C(=C/c2cn(CC#N)c3ccccc23)C(=O)NC1=S. The van der Waals surface area contributed by atoms with Crippen molar-refractivity contribution in [2.75, 3.05) is 7.05 Å². The second kappa shape index (κ2) is 5.66. The highest BCUT2D eigenvalue weighted by Crippen LogP contribution is 2.24. The lowest BCUT2D eigenvalue weighted by molar-refractivity contribution is -0.128. The number of carbonyl (C=O) groups excluding carboxylic acids is 2. The number of hydrogen-bond donors (Lipinski definition) is 1. The first-order valence-electron chi connectivity index (χ1n) is 6.83. The van der Waals surface area contributed by atoms with Crippen LogP contribution in [0.25, 0.3) is 17.0 Å². The monoisotopic (exact) mass is 324 g/mol. The first-order valence-corrected chi connectivity index (χ1v) is 7.23. The Kier molecular flexibility index (Phi) is 3.68. The van der Waals surface area contributed by atoms with Gasteiger partial charge >= 0.3 is 0 Å². The van der Waals surface area contributed by atoms with Crippen molar-refractivity contribution in [2.24, 2.45) is 0 Å². The van der Waals surface area contributed by atoms with Crippen LogP contribution in [-0.4, -0.2) is 33.4 Å². The van der Waals surface area contributed by atoms with Crippen molar-refractivity contribution in [3.63, 3.8) is 0 Å². The first-order chi connectivity index (χ1) is 11.0. The van der Waals surface area contributed by atoms with Gasteiger partial charge in [0.2, 0.25) is 0 Å². The molecule has 0 aliphatic carbocycles. The van der Waals surface area contributed by atoms with E-state index in [9.17, 15) is 9.59 Å². The summed E-state index contributed by atoms with van der Waals surface area (Å²) in [5, 5.41) is 12.4. The van der Waals surface area contributed by atoms with Crippen LogP contribution >= 0.6 is 12.2 Å². The molecule has 0 spiro atoms. The third kappa shape index (κ3) is 2.49. The normalized spacial score (nSPS) is 16.8. The molecular weight excluding hydrogens is 312 g/mol. The van der Waals surface area contributed by atoms with Gasteiger partial charge in [0.1, 0.15) is 12.1 Å². The summed E-state index contributed by atoms with van der Waals surface area (Å²) < 4.78 is 1.78. The summed E-state index contributed by atoms with van der Waals surface area (Å²) in [6.07, 6.45) is 3.29. The van der Waals surface area contributed by atoms with Crippen molar-refractivity contribution in [1.29, 1.82) is 5.26 Å². The van der Waals surface area contributed by atoms with Gasteiger partial charge < -0.3 is 4.57 Å². The zero-order valence-corrected chi connectivity index (χ0v) is 13.1. The topological polar surface area (TPSA) is 78.1 Å². The van der Waals surface area contributed by atoms with Crippen molar-refractivity contribution >= 4 is 46.1 Å². The van der Waals surface area contributed by atoms with Crippen LogP contribution in [0.5, 0.6) is 0 Å². The molecule has 1 fully saturated rings. The summed E-state index contributed by atoms with van der Waals surface area (Å²) in [5.41, 5.74) is 1.59. The Labute approximate surface area is 137 Å². The number of nitriles is 1. The predicted molar refractivity (Wildman–Crippen MR) is 89.0 cm³/mol. The van der Waals surface area contributed by atoms with Crippen LogP contribution in [0.2, 0.25) is 0 Å². The van der Waals surface area contributed by atoms with E-state index in [0.29, 0.717) is 5.56 Å². The largest absolute Gasteiger partial charge is 0.333 e. The fourth-order valence-corrected chi connectivity index (χ4v) is 2.67. The molecule has 6 nitrogen and oxygen atoms in total. The average Bonchev–Trinajstić information content (AvgIpc) is 2.88. The number of benzene rings is 1. The molecule has 0 bridgehead atoms. The third-order valence-electron chi connectivity index (χ3n) is 3.67. The van der Waals surface area contributed by atoms with Crippen LogP contribution < -0.4 is 5.32 Å². The number of likely N-dealkylation sites (N-methyl/N-ethyl adjacent to an activating group) is 1. The van der Waals surface area contributed by atoms with E-state index in [1.165, 1.54) is 18.0 Å². The summed E-state index contributed by atoms with van der Waals surface area (Å²) in [5.74, 6) is -0.967. The average molecular weight is 324 g/mol. The van der Waals surface area contributed by atoms with Gasteiger partial charge in [-0.15, -0.1) is 0 Å². The van der Waals surface area contributed by atoms with E-state index in [-0.39, 0.29) is 17.2 Å². The number of carbonyl (C=O) groups is 2. The molecule has 0 atom stereocenters. The number of nitrogens with zero attached hydrogens (tertiary/aromatic N) is 3. The second-order valence-electron chi connectivity index (χ2n) is 5.07. The number of amides is 2. The van der Waals surface area contributed by atoms with Crippen LogP contribution in [-0.2, 0) is 16.1 Å². The Balaban J connectivity index is 2.14. The summed E-state index contributed by atoms with van der Waals surface area (Å²) in [7, 11) is 1.51. The van der Waals surface area contributed by atoms with E-state index in [4.69, 9.17) is 17.5 Å². The molecule has 1 aliphatic rings. The van der Waals surface area contributed by atoms with Crippen molar-refractivity contribution in [3.05, 3.63) is 41.6 Å². The number of fused-ring (bicyclic) bond motifs is 1. The number of aromatic nitrogens is 1. The molecule has 1 aromatic carbocycles. The second-order valence-corrected chi connectivity index (χ2v) is 5.46. The minimum atomic E-state index is -0.518. The maximum atomic E-state index is 12.3. The molecule has 2 amide bonds. The molecule has 3 rings (SSSR count). The molecule has 1 saturated heterocycles. The molecule has 2 heterocycles. The molecular formula is C16H12N4O2S. The van der Waals surface area contributed by atoms with Gasteiger partial charge in [-0.2, -0.15) is 5.26 Å². The van der Waals surface area contributed by atoms with E-state index in [1.54, 1.807) is 10.8 Å². The van der Waals surface area contributed by atoms with Gasteiger partial charge in [-0.05, 0) is 24.4 Å². The van der Waals surface area contributed by atoms with Crippen LogP contribution in [0.15, 0.2) is 36.0 Å². The van der Waals surface area contributed by atoms with Crippen LogP contribution in [0.3, 0.4) is 0 Å². The molecule has 0 unspecified atom stereocenters. The van der Waals surface area contributed by atoms with Gasteiger partial charge in [0.15, 0.2) is 5.11 Å². The standard InChI is InChI=1S/C16H12N4O2S/c1-19-15(22)12(14(21)18-16(19)23)8-10-9-20(7-6-17)13-5-3-2-4-11(10)13/h2-5,8-9H,7H2,1H3,(H,18,21,23)/b12-8+. The Bertz CT molecular complexity index is 920. The van der Waals surface area contributed by atoms with E-state index in [1.807, 2.05) is 24.3 Å². The van der Waals surface area contributed by atoms with Crippen LogP contribution in [0.1, 0.15) is 5.56 Å². The molecule has 7 heteroatoms. The highest BCUT2D eigenvalue weighted by Gasteiger charge is 2.31. The first kappa shape index (κ1) is 14.9. The van der Waals surface area contributed by atoms with Crippen LogP contribution in [0.4, 0.5) is 0 Å². The molecule has 0 saturated carbocycles. The molecule has 1 N–H and O–H groups in total. The van der Waals surface area contributed by atoms with E-state index in [0.717, 1.165) is 10.9 Å². The number of hydrogen-bond acceptors (Lipinski definition) is 4. The van der Waals surface area contributed by atoms with Crippen molar-refractivity contribution < 1.29 is 9.59 Å². The van der Waals surface area contributed by atoms with E-state index in [2.05, 4.69) is 11.4 Å². The predicted octanol–water partition coefficient (Wildman–Crippen LogP) is 1.42. The lowest BCUT2D eigenvalue weighted by atomic mass is 10.1. The lowest BCUT2D eigenvalue weighted by Crippen LogP contribution is -2.52. The highest BCUT2D eigenvalue weighted by atomic mass is 32.1. The molecule has 2 aromatic rings. The molecule has 1 aromatic heterocycles. The molecule has 114 valence electrons. The number of thiocarbonyl (C=S) groups is 1. The third-order valence-corrected chi connectivity index (χ3v) is 4.04. The fourth-order valence-electron chi connectivity index (χ4n) is 2.50. The van der Waals surface area contributed by atoms with Gasteiger partial charge in [0.05, 0.1) is 6.07 Å². The van der Waals surface area contributed by atoms with E-state index < -0.39 is 11.8 Å². The van der Waals surface area contributed by atoms with Gasteiger partial charge in [-0.1, -0.05) is 18.2 Å². The zero-order chi connectivity index (χ0) is 16.6. The van der Waals surface area contributed by atoms with Crippen molar-refractivity contribution in [1.82, 2.24) is 14.8 Å². The minimum Gasteiger partial charge on any atom is -0.333 e. The van der Waals surface area contributed by atoms with Gasteiger partial charge in [0, 0.05) is 29.7 Å². The van der Waals surface area contributed by atoms with Crippen molar-refractivity contribution in [2.45, 2.75) is 6.54 Å². The Morgan fingerprint density at radius 1 is 1.35 bits per heavy atom. The lowest BCUT2D eigenvalue weighted by Gasteiger charge is -2.24. The smallest absolute Gasteiger partial charge is 0.265 e. The number of rotatable bonds is 2. The number of nitrogens with one attached hydrogen (secondary N) is 1. The van der Waals surface area contributed by atoms with Crippen LogP contribution in [0, 0.1) is 11.3 Å². The Hall–Kier alpha value is -2.98. The maximum Gasteiger partial charge on any atom is 0.265 e. The molecule has 23 heavy (non-hydrogen) atoms. The van der Waals surface area contributed by atoms with Crippen molar-refractivity contribution in [3.8, 4) is 6.07 Å². The fraction of sp³-hybridized carbons (Fsp3) is 0.125. The summed E-state index contributed by atoms with van der Waals surface area (Å²) in [4.78, 5) is 25.5. The summed E-state index contributed by atoms with van der Waals surface area (Å²) in [6.45, 7) is 0.188. The maximum absolute atomic E-state index is 12.3. The molecule has 0 radical (unpaired) electrons. The van der Waals surface area contributed by atoms with Gasteiger partial charge in [0.25, 0.3) is 11.8 Å². The zero-order valence-electron chi connectivity index (χ0n) is 12.2. The Morgan fingerprint density at radius 2 is 2.09 bits per heavy atom. The summed E-state index contributed by atoms with van der Waals surface area (Å²) >= 11 is 4.92. The van der Waals surface area contributed by atoms with E-state index >= 15 is 0 Å². The van der Waals surface area contributed by atoms with Gasteiger partial charge in [-0.3, -0.25) is 19.8 Å². The Morgan fingerprint density at radius 3 is 2.83 bits per heavy atom. The quantitative estimate of drug-likeness (QED) is 0.515. The highest BCUT2D eigenvalue weighted by molar-refractivity contribution is 7.80. The summed E-state index contributed by atoms with van der Waals surface area (Å²) in [6, 6.07) is 9.60. The number of para-hydroxylation sites is 1. The van der Waals surface area contributed by atoms with Gasteiger partial charge in [-0.25, -0.2) is 0 Å². The molecule has 1 aliphatic heterocycles.